The van der Waals surface area contributed by atoms with E-state index in [1.54, 1.807) is 7.05 Å². The van der Waals surface area contributed by atoms with Gasteiger partial charge in [-0.3, -0.25) is 4.79 Å². The van der Waals surface area contributed by atoms with E-state index in [4.69, 9.17) is 5.11 Å². The summed E-state index contributed by atoms with van der Waals surface area (Å²) in [7, 11) is 1.67. The summed E-state index contributed by atoms with van der Waals surface area (Å²) in [4.78, 5) is 11.1. The average Bonchev–Trinajstić information content (AvgIpc) is 2.19. The maximum atomic E-state index is 11.1. The summed E-state index contributed by atoms with van der Waals surface area (Å²) in [5.41, 5.74) is 0.591. The molecule has 0 saturated carbocycles. The summed E-state index contributed by atoms with van der Waals surface area (Å²) < 4.78 is 0. The molecule has 0 heterocycles. The number of carboxylic acids is 1. The highest BCUT2D eigenvalue weighted by Crippen LogP contribution is 2.26. The number of benzene rings is 1. The van der Waals surface area contributed by atoms with Gasteiger partial charge in [0, 0.05) is 5.41 Å². The molecule has 0 aromatic heterocycles. The van der Waals surface area contributed by atoms with E-state index in [0.717, 1.165) is 5.56 Å². The zero-order valence-electron chi connectivity index (χ0n) is 9.32. The fourth-order valence-electron chi connectivity index (χ4n) is 1.83. The number of carbonyl (C=O) groups is 1. The number of nitrogens with one attached hydrogen (secondary N) is 1. The van der Waals surface area contributed by atoms with Crippen molar-refractivity contribution >= 4 is 5.97 Å². The van der Waals surface area contributed by atoms with E-state index >= 15 is 0 Å². The lowest BCUT2D eigenvalue weighted by molar-refractivity contribution is -0.141. The highest BCUT2D eigenvalue weighted by atomic mass is 16.4. The number of likely N-dealkylation sites (N-methyl/N-ethyl adjacent to an activating group) is 1. The molecule has 3 nitrogen and oxygen atoms in total. The Labute approximate surface area is 90.1 Å². The third-order valence-electron chi connectivity index (χ3n) is 2.78. The summed E-state index contributed by atoms with van der Waals surface area (Å²) in [6.45, 7) is 3.86. The molecule has 0 aliphatic heterocycles. The molecule has 15 heavy (non-hydrogen) atoms. The average molecular weight is 207 g/mol. The fourth-order valence-corrected chi connectivity index (χ4v) is 1.83. The molecule has 1 atom stereocenters. The van der Waals surface area contributed by atoms with Crippen LogP contribution in [0.2, 0.25) is 0 Å². The lowest BCUT2D eigenvalue weighted by Crippen LogP contribution is -2.48. The van der Waals surface area contributed by atoms with E-state index in [1.165, 1.54) is 0 Å². The minimum absolute atomic E-state index is 0.429. The fraction of sp³-hybridized carbons (Fsp3) is 0.417. The number of hydrogen-bond acceptors (Lipinski definition) is 2. The second kappa shape index (κ2) is 4.45. The molecule has 0 spiro atoms. The van der Waals surface area contributed by atoms with Gasteiger partial charge in [-0.2, -0.15) is 0 Å². The number of carboxylic acid groups (broad SMARTS) is 1. The molecule has 0 fully saturated rings. The Hall–Kier alpha value is -1.35. The van der Waals surface area contributed by atoms with Crippen molar-refractivity contribution in [3.63, 3.8) is 0 Å². The van der Waals surface area contributed by atoms with E-state index < -0.39 is 17.4 Å². The van der Waals surface area contributed by atoms with Crippen molar-refractivity contribution in [3.8, 4) is 0 Å². The van der Waals surface area contributed by atoms with E-state index in [-0.39, 0.29) is 0 Å². The van der Waals surface area contributed by atoms with Crippen LogP contribution in [0, 0.1) is 0 Å². The molecule has 3 heteroatoms. The van der Waals surface area contributed by atoms with E-state index in [9.17, 15) is 4.79 Å². The molecule has 1 unspecified atom stereocenters. The zero-order valence-corrected chi connectivity index (χ0v) is 9.32. The second-order valence-electron chi connectivity index (χ2n) is 4.15. The van der Waals surface area contributed by atoms with Crippen LogP contribution in [0.25, 0.3) is 0 Å². The van der Waals surface area contributed by atoms with Gasteiger partial charge in [0.25, 0.3) is 0 Å². The van der Waals surface area contributed by atoms with Crippen molar-refractivity contribution in [3.05, 3.63) is 35.9 Å². The molecule has 0 aliphatic carbocycles. The highest BCUT2D eigenvalue weighted by Gasteiger charge is 2.35. The Bertz CT molecular complexity index is 333. The molecular weight excluding hydrogens is 190 g/mol. The quantitative estimate of drug-likeness (QED) is 0.789. The van der Waals surface area contributed by atoms with Crippen LogP contribution in [0.4, 0.5) is 0 Å². The van der Waals surface area contributed by atoms with Crippen molar-refractivity contribution in [2.45, 2.75) is 25.3 Å². The lowest BCUT2D eigenvalue weighted by Gasteiger charge is -2.31. The first-order valence-corrected chi connectivity index (χ1v) is 4.95. The Morgan fingerprint density at radius 1 is 1.33 bits per heavy atom. The summed E-state index contributed by atoms with van der Waals surface area (Å²) in [6, 6.07) is 9.09. The molecule has 0 aliphatic rings. The smallest absolute Gasteiger partial charge is 0.321 e. The van der Waals surface area contributed by atoms with Gasteiger partial charge in [0.1, 0.15) is 6.04 Å². The maximum Gasteiger partial charge on any atom is 0.321 e. The number of aliphatic carboxylic acids is 1. The van der Waals surface area contributed by atoms with Gasteiger partial charge in [-0.25, -0.2) is 0 Å². The van der Waals surface area contributed by atoms with Gasteiger partial charge in [-0.05, 0) is 12.6 Å². The van der Waals surface area contributed by atoms with Crippen LogP contribution in [-0.4, -0.2) is 24.2 Å². The van der Waals surface area contributed by atoms with Crippen LogP contribution in [-0.2, 0) is 10.2 Å². The molecular formula is C12H17NO2. The molecule has 0 radical (unpaired) electrons. The van der Waals surface area contributed by atoms with Crippen LogP contribution in [0.5, 0.6) is 0 Å². The third kappa shape index (κ3) is 2.36. The van der Waals surface area contributed by atoms with Gasteiger partial charge in [0.05, 0.1) is 0 Å². The van der Waals surface area contributed by atoms with Gasteiger partial charge in [-0.15, -0.1) is 0 Å². The first kappa shape index (κ1) is 11.7. The van der Waals surface area contributed by atoms with Gasteiger partial charge in [-0.1, -0.05) is 44.2 Å². The van der Waals surface area contributed by atoms with Crippen molar-refractivity contribution in [1.29, 1.82) is 0 Å². The monoisotopic (exact) mass is 207 g/mol. The van der Waals surface area contributed by atoms with Crippen LogP contribution in [0.1, 0.15) is 19.4 Å². The third-order valence-corrected chi connectivity index (χ3v) is 2.78. The van der Waals surface area contributed by atoms with Crippen molar-refractivity contribution < 1.29 is 9.90 Å². The molecule has 82 valence electrons. The molecule has 2 N–H and O–H groups in total. The second-order valence-corrected chi connectivity index (χ2v) is 4.15. The summed E-state index contributed by atoms with van der Waals surface area (Å²) in [6.07, 6.45) is 0. The first-order chi connectivity index (χ1) is 7.00. The molecule has 1 rings (SSSR count). The Balaban J connectivity index is 3.05. The SMILES string of the molecule is CNC(C(=O)O)C(C)(C)c1ccccc1. The topological polar surface area (TPSA) is 49.3 Å². The van der Waals surface area contributed by atoms with Crippen molar-refractivity contribution in [2.75, 3.05) is 7.05 Å². The summed E-state index contributed by atoms with van der Waals surface area (Å²) in [5.74, 6) is -0.827. The maximum absolute atomic E-state index is 11.1. The van der Waals surface area contributed by atoms with Crippen LogP contribution >= 0.6 is 0 Å². The van der Waals surface area contributed by atoms with Crippen molar-refractivity contribution in [2.24, 2.45) is 0 Å². The van der Waals surface area contributed by atoms with E-state index in [2.05, 4.69) is 5.32 Å². The predicted octanol–water partition coefficient (Wildman–Crippen LogP) is 1.64. The summed E-state index contributed by atoms with van der Waals surface area (Å²) in [5, 5.41) is 11.9. The summed E-state index contributed by atoms with van der Waals surface area (Å²) >= 11 is 0. The van der Waals surface area contributed by atoms with Gasteiger partial charge >= 0.3 is 5.97 Å². The van der Waals surface area contributed by atoms with Gasteiger partial charge in [0.15, 0.2) is 0 Å². The first-order valence-electron chi connectivity index (χ1n) is 4.95. The largest absolute Gasteiger partial charge is 0.480 e. The van der Waals surface area contributed by atoms with E-state index in [0.29, 0.717) is 0 Å². The van der Waals surface area contributed by atoms with Crippen LogP contribution < -0.4 is 5.32 Å². The van der Waals surface area contributed by atoms with Crippen LogP contribution in [0.15, 0.2) is 30.3 Å². The van der Waals surface area contributed by atoms with Crippen LogP contribution in [0.3, 0.4) is 0 Å². The minimum atomic E-state index is -0.827. The predicted molar refractivity (Wildman–Crippen MR) is 60.0 cm³/mol. The Morgan fingerprint density at radius 2 is 1.87 bits per heavy atom. The normalized spacial score (nSPS) is 13.5. The van der Waals surface area contributed by atoms with Crippen molar-refractivity contribution in [1.82, 2.24) is 5.32 Å². The van der Waals surface area contributed by atoms with Gasteiger partial charge < -0.3 is 10.4 Å². The van der Waals surface area contributed by atoms with E-state index in [1.807, 2.05) is 44.2 Å². The highest BCUT2D eigenvalue weighted by molar-refractivity contribution is 5.76. The molecule has 0 saturated heterocycles. The Morgan fingerprint density at radius 3 is 2.27 bits per heavy atom. The molecule has 1 aromatic carbocycles. The lowest BCUT2D eigenvalue weighted by atomic mass is 9.78. The Kier molecular flexibility index (Phi) is 3.48. The van der Waals surface area contributed by atoms with Gasteiger partial charge in [0.2, 0.25) is 0 Å². The number of rotatable bonds is 4. The minimum Gasteiger partial charge on any atom is -0.480 e. The zero-order chi connectivity index (χ0) is 11.5. The standard InChI is InChI=1S/C12H17NO2/c1-12(2,10(13-3)11(14)15)9-7-5-4-6-8-9/h4-8,10,13H,1-3H3,(H,14,15). The molecule has 0 bridgehead atoms. The molecule has 1 aromatic rings. The number of hydrogen-bond donors (Lipinski definition) is 2. The molecule has 0 amide bonds.